The molecule has 1 rings (SSSR count). The molecule has 0 spiro atoms. The van der Waals surface area contributed by atoms with Gasteiger partial charge in [-0.05, 0) is 20.8 Å². The van der Waals surface area contributed by atoms with Crippen molar-refractivity contribution in [2.45, 2.75) is 26.8 Å². The molecule has 1 N–H and O–H groups in total. The summed E-state index contributed by atoms with van der Waals surface area (Å²) in [4.78, 5) is 31.9. The molecule has 19 heavy (non-hydrogen) atoms. The van der Waals surface area contributed by atoms with Gasteiger partial charge in [0.15, 0.2) is 5.13 Å². The van der Waals surface area contributed by atoms with E-state index >= 15 is 0 Å². The molecule has 7 heteroatoms. The Kier molecular flexibility index (Phi) is 5.29. The van der Waals surface area contributed by atoms with Crippen LogP contribution in [0.15, 0.2) is 6.20 Å². The zero-order valence-electron chi connectivity index (χ0n) is 11.9. The SMILES string of the molecule is Cc1cnc(NC(=O)CN(C(=O)N(C)C)C(C)C)s1. The quantitative estimate of drug-likeness (QED) is 0.916. The highest BCUT2D eigenvalue weighted by Crippen LogP contribution is 2.16. The van der Waals surface area contributed by atoms with Crippen LogP contribution in [0.1, 0.15) is 18.7 Å². The standard InChI is InChI=1S/C12H20N4O2S/c1-8(2)16(12(18)15(4)5)7-10(17)14-11-13-6-9(3)19-11/h6,8H,7H2,1-5H3,(H,13,14,17). The molecule has 0 unspecified atom stereocenters. The number of carbonyl (C=O) groups excluding carboxylic acids is 2. The van der Waals surface area contributed by atoms with E-state index in [2.05, 4.69) is 10.3 Å². The molecule has 106 valence electrons. The molecule has 0 saturated carbocycles. The van der Waals surface area contributed by atoms with Gasteiger partial charge in [-0.2, -0.15) is 0 Å². The average molecular weight is 284 g/mol. The van der Waals surface area contributed by atoms with E-state index in [0.717, 1.165) is 4.88 Å². The van der Waals surface area contributed by atoms with Gasteiger partial charge in [-0.25, -0.2) is 9.78 Å². The molecule has 1 aromatic heterocycles. The second-order valence-corrected chi connectivity index (χ2v) is 5.96. The highest BCUT2D eigenvalue weighted by molar-refractivity contribution is 7.15. The summed E-state index contributed by atoms with van der Waals surface area (Å²) in [5.74, 6) is -0.238. The van der Waals surface area contributed by atoms with Crippen molar-refractivity contribution in [1.82, 2.24) is 14.8 Å². The van der Waals surface area contributed by atoms with Crippen molar-refractivity contribution < 1.29 is 9.59 Å². The molecule has 0 fully saturated rings. The number of amides is 3. The van der Waals surface area contributed by atoms with Gasteiger partial charge in [0.1, 0.15) is 6.54 Å². The topological polar surface area (TPSA) is 65.5 Å². The van der Waals surface area contributed by atoms with Crippen LogP contribution in [0.4, 0.5) is 9.93 Å². The van der Waals surface area contributed by atoms with Gasteiger partial charge in [-0.3, -0.25) is 4.79 Å². The average Bonchev–Trinajstić information content (AvgIpc) is 2.70. The third-order valence-corrected chi connectivity index (χ3v) is 3.26. The van der Waals surface area contributed by atoms with Crippen molar-refractivity contribution in [3.63, 3.8) is 0 Å². The number of hydrogen-bond donors (Lipinski definition) is 1. The Morgan fingerprint density at radius 3 is 2.47 bits per heavy atom. The number of hydrogen-bond acceptors (Lipinski definition) is 4. The second-order valence-electron chi connectivity index (χ2n) is 4.72. The lowest BCUT2D eigenvalue weighted by molar-refractivity contribution is -0.117. The Morgan fingerprint density at radius 1 is 1.42 bits per heavy atom. The molecule has 0 aromatic carbocycles. The zero-order valence-corrected chi connectivity index (χ0v) is 12.7. The van der Waals surface area contributed by atoms with E-state index in [1.807, 2.05) is 20.8 Å². The molecule has 0 aliphatic rings. The van der Waals surface area contributed by atoms with E-state index in [1.165, 1.54) is 21.1 Å². The monoisotopic (exact) mass is 284 g/mol. The van der Waals surface area contributed by atoms with Gasteiger partial charge >= 0.3 is 6.03 Å². The van der Waals surface area contributed by atoms with Crippen molar-refractivity contribution in [1.29, 1.82) is 0 Å². The highest BCUT2D eigenvalue weighted by Gasteiger charge is 2.21. The summed E-state index contributed by atoms with van der Waals surface area (Å²) in [6.45, 7) is 5.70. The van der Waals surface area contributed by atoms with Gasteiger partial charge in [-0.1, -0.05) is 0 Å². The maximum absolute atomic E-state index is 11.9. The lowest BCUT2D eigenvalue weighted by atomic mass is 10.3. The molecular weight excluding hydrogens is 264 g/mol. The number of nitrogens with one attached hydrogen (secondary N) is 1. The van der Waals surface area contributed by atoms with E-state index in [-0.39, 0.29) is 24.5 Å². The third kappa shape index (κ3) is 4.51. The third-order valence-electron chi connectivity index (χ3n) is 2.43. The molecule has 0 aliphatic carbocycles. The van der Waals surface area contributed by atoms with E-state index in [4.69, 9.17) is 0 Å². The minimum absolute atomic E-state index is 0.0211. The first-order valence-electron chi connectivity index (χ1n) is 6.01. The summed E-state index contributed by atoms with van der Waals surface area (Å²) in [6.07, 6.45) is 1.70. The number of thiazole rings is 1. The van der Waals surface area contributed by atoms with E-state index in [9.17, 15) is 9.59 Å². The van der Waals surface area contributed by atoms with Crippen LogP contribution in [-0.4, -0.2) is 53.4 Å². The lowest BCUT2D eigenvalue weighted by Gasteiger charge is -2.28. The molecular formula is C12H20N4O2S. The first kappa shape index (κ1) is 15.4. The Hall–Kier alpha value is -1.63. The van der Waals surface area contributed by atoms with Crippen molar-refractivity contribution in [3.05, 3.63) is 11.1 Å². The maximum Gasteiger partial charge on any atom is 0.320 e. The maximum atomic E-state index is 11.9. The van der Waals surface area contributed by atoms with Crippen molar-refractivity contribution in [2.75, 3.05) is 26.0 Å². The molecule has 3 amide bonds. The summed E-state index contributed by atoms with van der Waals surface area (Å²) < 4.78 is 0. The fourth-order valence-electron chi connectivity index (χ4n) is 1.45. The summed E-state index contributed by atoms with van der Waals surface area (Å²) in [7, 11) is 3.33. The van der Waals surface area contributed by atoms with Crippen molar-refractivity contribution >= 4 is 28.4 Å². The predicted molar refractivity (Wildman–Crippen MR) is 76.4 cm³/mol. The van der Waals surface area contributed by atoms with Crippen LogP contribution < -0.4 is 5.32 Å². The van der Waals surface area contributed by atoms with Crippen LogP contribution in [0.25, 0.3) is 0 Å². The summed E-state index contributed by atoms with van der Waals surface area (Å²) in [5, 5.41) is 3.26. The molecule has 1 aromatic rings. The van der Waals surface area contributed by atoms with Crippen LogP contribution in [-0.2, 0) is 4.79 Å². The van der Waals surface area contributed by atoms with Crippen LogP contribution in [0.3, 0.4) is 0 Å². The van der Waals surface area contributed by atoms with Gasteiger partial charge in [0.2, 0.25) is 5.91 Å². The Morgan fingerprint density at radius 2 is 2.05 bits per heavy atom. The van der Waals surface area contributed by atoms with Crippen LogP contribution >= 0.6 is 11.3 Å². The normalized spacial score (nSPS) is 10.4. The molecule has 0 saturated heterocycles. The number of rotatable bonds is 4. The molecule has 0 aliphatic heterocycles. The molecule has 6 nitrogen and oxygen atoms in total. The summed E-state index contributed by atoms with van der Waals surface area (Å²) in [6, 6.07) is -0.223. The number of aryl methyl sites for hydroxylation is 1. The molecule has 0 radical (unpaired) electrons. The summed E-state index contributed by atoms with van der Waals surface area (Å²) >= 11 is 1.41. The first-order chi connectivity index (χ1) is 8.81. The fraction of sp³-hybridized carbons (Fsp3) is 0.583. The van der Waals surface area contributed by atoms with E-state index in [1.54, 1.807) is 20.3 Å². The Bertz CT molecular complexity index is 456. The summed E-state index contributed by atoms with van der Waals surface area (Å²) in [5.41, 5.74) is 0. The van der Waals surface area contributed by atoms with Crippen molar-refractivity contribution in [2.24, 2.45) is 0 Å². The number of anilines is 1. The first-order valence-corrected chi connectivity index (χ1v) is 6.83. The van der Waals surface area contributed by atoms with Crippen LogP contribution in [0.2, 0.25) is 0 Å². The van der Waals surface area contributed by atoms with Gasteiger partial charge < -0.3 is 15.1 Å². The molecule has 0 atom stereocenters. The smallest absolute Gasteiger partial charge is 0.320 e. The molecule has 1 heterocycles. The highest BCUT2D eigenvalue weighted by atomic mass is 32.1. The molecule has 0 bridgehead atoms. The minimum atomic E-state index is -0.238. The largest absolute Gasteiger partial charge is 0.331 e. The predicted octanol–water partition coefficient (Wildman–Crippen LogP) is 1.78. The van der Waals surface area contributed by atoms with Gasteiger partial charge in [0.25, 0.3) is 0 Å². The van der Waals surface area contributed by atoms with Crippen LogP contribution in [0.5, 0.6) is 0 Å². The Balaban J connectivity index is 2.64. The number of nitrogens with zero attached hydrogens (tertiary/aromatic N) is 3. The fourth-order valence-corrected chi connectivity index (χ4v) is 2.13. The number of aromatic nitrogens is 1. The minimum Gasteiger partial charge on any atom is -0.331 e. The van der Waals surface area contributed by atoms with Crippen molar-refractivity contribution in [3.8, 4) is 0 Å². The van der Waals surface area contributed by atoms with E-state index in [0.29, 0.717) is 5.13 Å². The van der Waals surface area contributed by atoms with E-state index < -0.39 is 0 Å². The second kappa shape index (κ2) is 6.51. The zero-order chi connectivity index (χ0) is 14.6. The van der Waals surface area contributed by atoms with Crippen LogP contribution in [0, 0.1) is 6.92 Å². The van der Waals surface area contributed by atoms with Gasteiger partial charge in [0, 0.05) is 31.2 Å². The number of carbonyl (C=O) groups is 2. The lowest BCUT2D eigenvalue weighted by Crippen LogP contribution is -2.47. The van der Waals surface area contributed by atoms with Gasteiger partial charge in [-0.15, -0.1) is 11.3 Å². The Labute approximate surface area is 117 Å². The van der Waals surface area contributed by atoms with Gasteiger partial charge in [0.05, 0.1) is 0 Å². The number of urea groups is 1.